The molecule has 1 fully saturated rings. The van der Waals surface area contributed by atoms with E-state index in [9.17, 15) is 4.79 Å². The Labute approximate surface area is 166 Å². The average molecular weight is 376 g/mol. The number of quaternary nitrogens is 2. The Morgan fingerprint density at radius 1 is 0.786 bits per heavy atom. The van der Waals surface area contributed by atoms with Gasteiger partial charge in [-0.25, -0.2) is 0 Å². The second kappa shape index (κ2) is 9.00. The van der Waals surface area contributed by atoms with Crippen LogP contribution in [0.2, 0.25) is 0 Å². The molecule has 1 amide bonds. The maximum atomic E-state index is 12.3. The van der Waals surface area contributed by atoms with Crippen molar-refractivity contribution in [1.29, 1.82) is 0 Å². The minimum atomic E-state index is 0.149. The van der Waals surface area contributed by atoms with Gasteiger partial charge in [-0.15, -0.1) is 0 Å². The lowest BCUT2D eigenvalue weighted by Gasteiger charge is -2.29. The van der Waals surface area contributed by atoms with Crippen molar-refractivity contribution in [3.8, 4) is 0 Å². The summed E-state index contributed by atoms with van der Waals surface area (Å²) in [5.41, 5.74) is 2.58. The topological polar surface area (TPSA) is 38.0 Å². The summed E-state index contributed by atoms with van der Waals surface area (Å²) >= 11 is 0. The van der Waals surface area contributed by atoms with Gasteiger partial charge in [0, 0.05) is 12.1 Å². The van der Waals surface area contributed by atoms with E-state index < -0.39 is 0 Å². The number of carbonyl (C=O) groups is 1. The van der Waals surface area contributed by atoms with E-state index in [1.165, 1.54) is 21.2 Å². The van der Waals surface area contributed by atoms with Crippen LogP contribution in [0.4, 0.5) is 0 Å². The number of carbonyl (C=O) groups excluding carboxylic acids is 1. The first-order chi connectivity index (χ1) is 13.8. The first kappa shape index (κ1) is 18.7. The van der Waals surface area contributed by atoms with Gasteiger partial charge in [-0.05, 0) is 16.3 Å². The molecule has 0 aromatic heterocycles. The Balaban J connectivity index is 1.25. The molecule has 0 atom stereocenters. The molecule has 1 saturated heterocycles. The molecule has 28 heavy (non-hydrogen) atoms. The van der Waals surface area contributed by atoms with Crippen LogP contribution in [-0.4, -0.2) is 38.6 Å². The summed E-state index contributed by atoms with van der Waals surface area (Å²) in [5.74, 6) is 0.149. The molecular weight excluding hydrogens is 346 g/mol. The van der Waals surface area contributed by atoms with Crippen LogP contribution >= 0.6 is 0 Å². The van der Waals surface area contributed by atoms with E-state index in [2.05, 4.69) is 47.8 Å². The van der Waals surface area contributed by atoms with Crippen LogP contribution in [0.1, 0.15) is 11.1 Å². The first-order valence-corrected chi connectivity index (χ1v) is 10.2. The molecule has 0 unspecified atom stereocenters. The van der Waals surface area contributed by atoms with Crippen LogP contribution in [0.15, 0.2) is 72.8 Å². The second-order valence-corrected chi connectivity index (χ2v) is 7.75. The fourth-order valence-electron chi connectivity index (χ4n) is 4.11. The van der Waals surface area contributed by atoms with Gasteiger partial charge in [0.1, 0.15) is 32.7 Å². The zero-order chi connectivity index (χ0) is 19.2. The number of rotatable bonds is 6. The van der Waals surface area contributed by atoms with E-state index >= 15 is 0 Å². The minimum Gasteiger partial charge on any atom is -0.347 e. The van der Waals surface area contributed by atoms with Gasteiger partial charge in [0.2, 0.25) is 0 Å². The lowest BCUT2D eigenvalue weighted by molar-refractivity contribution is -1.02. The van der Waals surface area contributed by atoms with E-state index in [0.29, 0.717) is 13.1 Å². The van der Waals surface area contributed by atoms with Crippen LogP contribution in [0.3, 0.4) is 0 Å². The molecule has 1 aliphatic rings. The fraction of sp³-hybridized carbons (Fsp3) is 0.292. The van der Waals surface area contributed by atoms with E-state index in [-0.39, 0.29) is 5.91 Å². The van der Waals surface area contributed by atoms with Gasteiger partial charge in [0.05, 0.1) is 0 Å². The minimum absolute atomic E-state index is 0.149. The molecule has 3 aromatic carbocycles. The number of amides is 1. The number of nitrogens with one attached hydrogen (secondary N) is 3. The Morgan fingerprint density at radius 2 is 1.46 bits per heavy atom. The molecular formula is C24H29N3O+2. The van der Waals surface area contributed by atoms with E-state index in [1.807, 2.05) is 30.3 Å². The molecule has 0 saturated carbocycles. The second-order valence-electron chi connectivity index (χ2n) is 7.75. The molecule has 0 radical (unpaired) electrons. The maximum Gasteiger partial charge on any atom is 0.275 e. The highest BCUT2D eigenvalue weighted by Gasteiger charge is 2.25. The lowest BCUT2D eigenvalue weighted by Crippen LogP contribution is -3.28. The largest absolute Gasteiger partial charge is 0.347 e. The van der Waals surface area contributed by atoms with Crippen molar-refractivity contribution in [3.05, 3.63) is 83.9 Å². The monoisotopic (exact) mass is 375 g/mol. The maximum absolute atomic E-state index is 12.3. The van der Waals surface area contributed by atoms with Gasteiger partial charge in [0.25, 0.3) is 5.91 Å². The fourth-order valence-corrected chi connectivity index (χ4v) is 4.11. The summed E-state index contributed by atoms with van der Waals surface area (Å²) in [4.78, 5) is 15.3. The normalized spacial score (nSPS) is 19.4. The SMILES string of the molecule is O=C(C[NH+]1CC[NH+](Cc2cccc3ccccc23)CC1)NCc1ccccc1. The third kappa shape index (κ3) is 4.77. The Kier molecular flexibility index (Phi) is 6.00. The molecule has 3 aromatic rings. The lowest BCUT2D eigenvalue weighted by atomic mass is 10.0. The number of fused-ring (bicyclic) bond motifs is 1. The van der Waals surface area contributed by atoms with Gasteiger partial charge in [-0.1, -0.05) is 72.8 Å². The zero-order valence-electron chi connectivity index (χ0n) is 16.3. The number of hydrogen-bond acceptors (Lipinski definition) is 1. The Bertz CT molecular complexity index is 912. The summed E-state index contributed by atoms with van der Waals surface area (Å²) in [5, 5.41) is 5.74. The van der Waals surface area contributed by atoms with Crippen molar-refractivity contribution in [2.75, 3.05) is 32.7 Å². The number of benzene rings is 3. The predicted molar refractivity (Wildman–Crippen MR) is 112 cm³/mol. The van der Waals surface area contributed by atoms with Crippen molar-refractivity contribution < 1.29 is 14.6 Å². The van der Waals surface area contributed by atoms with Gasteiger partial charge in [-0.3, -0.25) is 4.79 Å². The van der Waals surface area contributed by atoms with Crippen molar-refractivity contribution in [2.24, 2.45) is 0 Å². The molecule has 1 aliphatic heterocycles. The van der Waals surface area contributed by atoms with Crippen LogP contribution < -0.4 is 15.1 Å². The van der Waals surface area contributed by atoms with Gasteiger partial charge < -0.3 is 15.1 Å². The molecule has 4 nitrogen and oxygen atoms in total. The van der Waals surface area contributed by atoms with Crippen LogP contribution in [0, 0.1) is 0 Å². The van der Waals surface area contributed by atoms with Crippen molar-refractivity contribution >= 4 is 16.7 Å². The van der Waals surface area contributed by atoms with Crippen molar-refractivity contribution in [3.63, 3.8) is 0 Å². The average Bonchev–Trinajstić information content (AvgIpc) is 2.75. The molecule has 0 spiro atoms. The summed E-state index contributed by atoms with van der Waals surface area (Å²) in [7, 11) is 0. The molecule has 4 heteroatoms. The van der Waals surface area contributed by atoms with Gasteiger partial charge in [-0.2, -0.15) is 0 Å². The standard InChI is InChI=1S/C24H27N3O/c28-24(25-17-20-7-2-1-3-8-20)19-27-15-13-26(14-16-27)18-22-11-6-10-21-9-4-5-12-23(21)22/h1-12H,13-19H2,(H,25,28)/p+2. The van der Waals surface area contributed by atoms with Crippen LogP contribution in [0.5, 0.6) is 0 Å². The highest BCUT2D eigenvalue weighted by molar-refractivity contribution is 5.85. The van der Waals surface area contributed by atoms with Crippen molar-refractivity contribution in [2.45, 2.75) is 13.1 Å². The van der Waals surface area contributed by atoms with Crippen LogP contribution in [0.25, 0.3) is 10.8 Å². The first-order valence-electron chi connectivity index (χ1n) is 10.2. The van der Waals surface area contributed by atoms with Gasteiger partial charge in [0.15, 0.2) is 6.54 Å². The number of hydrogen-bond donors (Lipinski definition) is 3. The highest BCUT2D eigenvalue weighted by Crippen LogP contribution is 2.17. The highest BCUT2D eigenvalue weighted by atomic mass is 16.2. The van der Waals surface area contributed by atoms with Crippen LogP contribution in [-0.2, 0) is 17.9 Å². The van der Waals surface area contributed by atoms with Crippen molar-refractivity contribution in [1.82, 2.24) is 5.32 Å². The molecule has 144 valence electrons. The molecule has 1 heterocycles. The predicted octanol–water partition coefficient (Wildman–Crippen LogP) is 0.440. The summed E-state index contributed by atoms with van der Waals surface area (Å²) in [6.07, 6.45) is 0. The van der Waals surface area contributed by atoms with E-state index in [0.717, 1.165) is 38.3 Å². The zero-order valence-corrected chi connectivity index (χ0v) is 16.3. The smallest absolute Gasteiger partial charge is 0.275 e. The molecule has 0 bridgehead atoms. The third-order valence-corrected chi connectivity index (χ3v) is 5.73. The summed E-state index contributed by atoms with van der Waals surface area (Å²) < 4.78 is 0. The molecule has 4 rings (SSSR count). The Morgan fingerprint density at radius 3 is 2.29 bits per heavy atom. The third-order valence-electron chi connectivity index (χ3n) is 5.73. The molecule has 0 aliphatic carbocycles. The quantitative estimate of drug-likeness (QED) is 0.575. The summed E-state index contributed by atoms with van der Waals surface area (Å²) in [6, 6.07) is 25.3. The molecule has 3 N–H and O–H groups in total. The van der Waals surface area contributed by atoms with E-state index in [4.69, 9.17) is 0 Å². The van der Waals surface area contributed by atoms with E-state index in [1.54, 1.807) is 4.90 Å². The summed E-state index contributed by atoms with van der Waals surface area (Å²) in [6.45, 7) is 6.60. The van der Waals surface area contributed by atoms with Gasteiger partial charge >= 0.3 is 0 Å². The Hall–Kier alpha value is -2.69. The number of piperazine rings is 1.